The van der Waals surface area contributed by atoms with Crippen molar-refractivity contribution >= 4 is 58.8 Å². The van der Waals surface area contributed by atoms with Crippen molar-refractivity contribution in [2.45, 2.75) is 0 Å². The summed E-state index contributed by atoms with van der Waals surface area (Å²) >= 11 is 1.85. The maximum atomic E-state index is 4.55. The highest BCUT2D eigenvalue weighted by Gasteiger charge is 2.15. The molecule has 0 spiro atoms. The van der Waals surface area contributed by atoms with E-state index in [0.717, 1.165) is 11.0 Å². The van der Waals surface area contributed by atoms with Gasteiger partial charge in [-0.25, -0.2) is 4.98 Å². The third-order valence-corrected chi connectivity index (χ3v) is 5.89. The molecule has 24 heavy (non-hydrogen) atoms. The standard InChI is InChI=1S/C20H11N3S/c1-2-4-16-13(3-1)19-17(24-16)6-5-15-18(19)12-7-8-21-11-14(12)20-22-9-10-23(15)20/h1-11H. The van der Waals surface area contributed by atoms with Gasteiger partial charge in [0, 0.05) is 55.7 Å². The van der Waals surface area contributed by atoms with Gasteiger partial charge in [-0.05, 0) is 29.7 Å². The van der Waals surface area contributed by atoms with E-state index in [-0.39, 0.29) is 0 Å². The van der Waals surface area contributed by atoms with Gasteiger partial charge in [-0.3, -0.25) is 9.38 Å². The number of hydrogen-bond donors (Lipinski definition) is 0. The second-order valence-corrected chi connectivity index (χ2v) is 7.06. The van der Waals surface area contributed by atoms with Gasteiger partial charge in [0.15, 0.2) is 0 Å². The molecule has 0 atom stereocenters. The van der Waals surface area contributed by atoms with Crippen LogP contribution in [0.1, 0.15) is 0 Å². The highest BCUT2D eigenvalue weighted by Crippen LogP contribution is 2.41. The largest absolute Gasteiger partial charge is 0.299 e. The predicted molar refractivity (Wildman–Crippen MR) is 101 cm³/mol. The van der Waals surface area contributed by atoms with Crippen LogP contribution < -0.4 is 0 Å². The Hall–Kier alpha value is -2.98. The SMILES string of the molecule is c1ccc2c(c1)sc1ccc3c(c4ccncc4c4nccn34)c12. The molecular formula is C20H11N3S. The topological polar surface area (TPSA) is 30.2 Å². The van der Waals surface area contributed by atoms with Crippen LogP contribution in [0.2, 0.25) is 0 Å². The van der Waals surface area contributed by atoms with E-state index in [2.05, 4.69) is 56.8 Å². The number of nitrogens with zero attached hydrogens (tertiary/aromatic N) is 3. The normalized spacial score (nSPS) is 12.2. The molecule has 6 aromatic rings. The van der Waals surface area contributed by atoms with Gasteiger partial charge in [0.2, 0.25) is 0 Å². The summed E-state index contributed by atoms with van der Waals surface area (Å²) in [5.41, 5.74) is 2.15. The minimum Gasteiger partial charge on any atom is -0.299 e. The molecule has 0 aliphatic heterocycles. The number of hydrogen-bond acceptors (Lipinski definition) is 3. The van der Waals surface area contributed by atoms with E-state index >= 15 is 0 Å². The van der Waals surface area contributed by atoms with Crippen molar-refractivity contribution in [3.8, 4) is 0 Å². The van der Waals surface area contributed by atoms with Crippen LogP contribution in [0.3, 0.4) is 0 Å². The second-order valence-electron chi connectivity index (χ2n) is 5.97. The smallest absolute Gasteiger partial charge is 0.146 e. The molecule has 0 fully saturated rings. The summed E-state index contributed by atoms with van der Waals surface area (Å²) in [6.07, 6.45) is 7.68. The number of benzene rings is 2. The van der Waals surface area contributed by atoms with Gasteiger partial charge in [0.25, 0.3) is 0 Å². The zero-order valence-corrected chi connectivity index (χ0v) is 13.4. The van der Waals surface area contributed by atoms with Crippen LogP contribution in [0.25, 0.3) is 47.5 Å². The van der Waals surface area contributed by atoms with E-state index in [9.17, 15) is 0 Å². The van der Waals surface area contributed by atoms with E-state index < -0.39 is 0 Å². The fourth-order valence-electron chi connectivity index (χ4n) is 3.77. The maximum Gasteiger partial charge on any atom is 0.146 e. The molecule has 6 rings (SSSR count). The molecule has 0 bridgehead atoms. The Kier molecular flexibility index (Phi) is 2.23. The monoisotopic (exact) mass is 325 g/mol. The molecule has 112 valence electrons. The van der Waals surface area contributed by atoms with Crippen LogP contribution in [0.5, 0.6) is 0 Å². The number of rotatable bonds is 0. The van der Waals surface area contributed by atoms with Crippen molar-refractivity contribution in [3.63, 3.8) is 0 Å². The first-order valence-corrected chi connectivity index (χ1v) is 8.66. The van der Waals surface area contributed by atoms with Crippen LogP contribution in [0.4, 0.5) is 0 Å². The lowest BCUT2D eigenvalue weighted by atomic mass is 10.0. The van der Waals surface area contributed by atoms with Gasteiger partial charge in [0.1, 0.15) is 5.65 Å². The van der Waals surface area contributed by atoms with Gasteiger partial charge < -0.3 is 0 Å². The molecule has 4 heterocycles. The van der Waals surface area contributed by atoms with Gasteiger partial charge >= 0.3 is 0 Å². The maximum absolute atomic E-state index is 4.55. The molecule has 2 aromatic carbocycles. The first-order valence-electron chi connectivity index (χ1n) is 7.84. The molecule has 4 aromatic heterocycles. The lowest BCUT2D eigenvalue weighted by Crippen LogP contribution is -1.91. The predicted octanol–water partition coefficient (Wildman–Crippen LogP) is 5.40. The van der Waals surface area contributed by atoms with Crippen molar-refractivity contribution in [3.05, 3.63) is 67.3 Å². The van der Waals surface area contributed by atoms with Crippen molar-refractivity contribution in [2.75, 3.05) is 0 Å². The quantitative estimate of drug-likeness (QED) is 0.350. The van der Waals surface area contributed by atoms with Crippen molar-refractivity contribution in [1.29, 1.82) is 0 Å². The molecule has 0 aliphatic carbocycles. The minimum absolute atomic E-state index is 0.962. The first kappa shape index (κ1) is 12.4. The van der Waals surface area contributed by atoms with E-state index in [1.54, 1.807) is 0 Å². The Morgan fingerprint density at radius 3 is 2.75 bits per heavy atom. The number of aromatic nitrogens is 3. The first-order chi connectivity index (χ1) is 11.9. The second kappa shape index (κ2) is 4.30. The van der Waals surface area contributed by atoms with E-state index in [1.165, 1.54) is 36.5 Å². The highest BCUT2D eigenvalue weighted by atomic mass is 32.1. The van der Waals surface area contributed by atoms with Gasteiger partial charge in [-0.15, -0.1) is 11.3 Å². The lowest BCUT2D eigenvalue weighted by molar-refractivity contribution is 1.27. The molecule has 0 N–H and O–H groups in total. The third kappa shape index (κ3) is 1.42. The van der Waals surface area contributed by atoms with Crippen molar-refractivity contribution < 1.29 is 0 Å². The molecular weight excluding hydrogens is 314 g/mol. The fraction of sp³-hybridized carbons (Fsp3) is 0. The average molecular weight is 325 g/mol. The highest BCUT2D eigenvalue weighted by molar-refractivity contribution is 7.26. The fourth-order valence-corrected chi connectivity index (χ4v) is 4.88. The zero-order valence-electron chi connectivity index (χ0n) is 12.6. The van der Waals surface area contributed by atoms with Gasteiger partial charge in [-0.1, -0.05) is 18.2 Å². The zero-order chi connectivity index (χ0) is 15.7. The molecule has 4 heteroatoms. The Bertz CT molecular complexity index is 1410. The Morgan fingerprint density at radius 2 is 1.75 bits per heavy atom. The van der Waals surface area contributed by atoms with E-state index in [4.69, 9.17) is 0 Å². The minimum atomic E-state index is 0.962. The average Bonchev–Trinajstić information content (AvgIpc) is 3.26. The molecule has 0 unspecified atom stereocenters. The van der Waals surface area contributed by atoms with Crippen LogP contribution in [-0.2, 0) is 0 Å². The van der Waals surface area contributed by atoms with Crippen molar-refractivity contribution in [1.82, 2.24) is 14.4 Å². The number of pyridine rings is 2. The van der Waals surface area contributed by atoms with Crippen LogP contribution in [-0.4, -0.2) is 14.4 Å². The van der Waals surface area contributed by atoms with E-state index in [1.807, 2.05) is 36.1 Å². The molecule has 0 aliphatic rings. The number of imidazole rings is 1. The molecule has 0 saturated carbocycles. The Labute approximate surface area is 140 Å². The van der Waals surface area contributed by atoms with E-state index in [0.29, 0.717) is 0 Å². The summed E-state index contributed by atoms with van der Waals surface area (Å²) in [6, 6.07) is 15.2. The number of fused-ring (bicyclic) bond motifs is 10. The third-order valence-electron chi connectivity index (χ3n) is 4.75. The summed E-state index contributed by atoms with van der Waals surface area (Å²) in [4.78, 5) is 8.88. The molecule has 0 saturated heterocycles. The lowest BCUT2D eigenvalue weighted by Gasteiger charge is -2.09. The summed E-state index contributed by atoms with van der Waals surface area (Å²) in [5, 5.41) is 6.25. The Morgan fingerprint density at radius 1 is 0.792 bits per heavy atom. The van der Waals surface area contributed by atoms with Gasteiger partial charge in [-0.2, -0.15) is 0 Å². The van der Waals surface area contributed by atoms with Crippen LogP contribution >= 0.6 is 11.3 Å². The summed E-state index contributed by atoms with van der Waals surface area (Å²) in [5.74, 6) is 0. The van der Waals surface area contributed by atoms with Crippen LogP contribution in [0.15, 0.2) is 67.3 Å². The van der Waals surface area contributed by atoms with Gasteiger partial charge in [0.05, 0.1) is 5.52 Å². The molecule has 3 nitrogen and oxygen atoms in total. The van der Waals surface area contributed by atoms with Crippen LogP contribution in [0, 0.1) is 0 Å². The number of thiophene rings is 1. The van der Waals surface area contributed by atoms with Crippen molar-refractivity contribution in [2.24, 2.45) is 0 Å². The summed E-state index contributed by atoms with van der Waals surface area (Å²) in [7, 11) is 0. The molecule has 0 amide bonds. The molecule has 0 radical (unpaired) electrons. The Balaban J connectivity index is 2.07. The summed E-state index contributed by atoms with van der Waals surface area (Å²) < 4.78 is 4.82. The summed E-state index contributed by atoms with van der Waals surface area (Å²) in [6.45, 7) is 0.